The molecule has 2 unspecified atom stereocenters. The van der Waals surface area contributed by atoms with Gasteiger partial charge in [0.05, 0.1) is 12.2 Å². The summed E-state index contributed by atoms with van der Waals surface area (Å²) in [7, 11) is 0. The van der Waals surface area contributed by atoms with Crippen molar-refractivity contribution in [3.63, 3.8) is 0 Å². The predicted molar refractivity (Wildman–Crippen MR) is 36.3 cm³/mol. The van der Waals surface area contributed by atoms with E-state index in [-0.39, 0.29) is 5.92 Å². The Morgan fingerprint density at radius 2 is 2.10 bits per heavy atom. The Balaban J connectivity index is 2.25. The average Bonchev–Trinajstić information content (AvgIpc) is 2.35. The van der Waals surface area contributed by atoms with Crippen LogP contribution >= 0.6 is 0 Å². The van der Waals surface area contributed by atoms with E-state index in [1.165, 1.54) is 0 Å². The van der Waals surface area contributed by atoms with Crippen LogP contribution in [0, 0.1) is 5.92 Å². The second-order valence-corrected chi connectivity index (χ2v) is 3.67. The van der Waals surface area contributed by atoms with Crippen LogP contribution in [0.1, 0.15) is 19.3 Å². The maximum Gasteiger partial charge on any atom is 0.0980 e. The van der Waals surface area contributed by atoms with Gasteiger partial charge < -0.3 is 15.9 Å². The van der Waals surface area contributed by atoms with Crippen molar-refractivity contribution in [3.05, 3.63) is 0 Å². The quantitative estimate of drug-likeness (QED) is 0.416. The molecule has 0 amide bonds. The van der Waals surface area contributed by atoms with Crippen molar-refractivity contribution in [3.8, 4) is 0 Å². The molecule has 0 aromatic carbocycles. The first kappa shape index (κ1) is 6.58. The van der Waals surface area contributed by atoms with Gasteiger partial charge in [0.1, 0.15) is 0 Å². The average molecular weight is 143 g/mol. The molecule has 2 rings (SSSR count). The number of rotatable bonds is 0. The monoisotopic (exact) mass is 143 g/mol. The van der Waals surface area contributed by atoms with Crippen LogP contribution in [-0.4, -0.2) is 28.0 Å². The van der Waals surface area contributed by atoms with Gasteiger partial charge in [0.2, 0.25) is 0 Å². The highest BCUT2D eigenvalue weighted by molar-refractivity contribution is 5.10. The highest BCUT2D eigenvalue weighted by Crippen LogP contribution is 2.46. The summed E-state index contributed by atoms with van der Waals surface area (Å²) in [5, 5.41) is 18.7. The first-order chi connectivity index (χ1) is 4.63. The topological polar surface area (TPSA) is 66.5 Å². The summed E-state index contributed by atoms with van der Waals surface area (Å²) >= 11 is 0. The van der Waals surface area contributed by atoms with Crippen molar-refractivity contribution in [2.24, 2.45) is 11.7 Å². The predicted octanol–water partition coefficient (Wildman–Crippen LogP) is -0.781. The maximum atomic E-state index is 9.37. The molecule has 0 saturated heterocycles. The van der Waals surface area contributed by atoms with Gasteiger partial charge in [-0.2, -0.15) is 0 Å². The highest BCUT2D eigenvalue weighted by atomic mass is 16.3. The maximum absolute atomic E-state index is 9.37. The van der Waals surface area contributed by atoms with Gasteiger partial charge in [0.15, 0.2) is 0 Å². The van der Waals surface area contributed by atoms with Crippen LogP contribution < -0.4 is 5.73 Å². The number of nitrogens with two attached hydrogens (primary N) is 1. The molecule has 0 aromatic heterocycles. The molecule has 2 aliphatic rings. The Morgan fingerprint density at radius 1 is 1.40 bits per heavy atom. The summed E-state index contributed by atoms with van der Waals surface area (Å²) in [5.41, 5.74) is 5.37. The molecule has 10 heavy (non-hydrogen) atoms. The molecule has 2 saturated carbocycles. The van der Waals surface area contributed by atoms with Gasteiger partial charge in [0, 0.05) is 5.54 Å². The van der Waals surface area contributed by atoms with E-state index in [1.807, 2.05) is 0 Å². The Kier molecular flexibility index (Phi) is 1.14. The molecule has 4 atom stereocenters. The lowest BCUT2D eigenvalue weighted by atomic mass is 9.90. The molecule has 0 heterocycles. The highest BCUT2D eigenvalue weighted by Gasteiger charge is 2.54. The number of aliphatic hydroxyl groups excluding tert-OH is 2. The summed E-state index contributed by atoms with van der Waals surface area (Å²) in [5.74, 6) is 0.264. The van der Waals surface area contributed by atoms with Crippen molar-refractivity contribution in [1.29, 1.82) is 0 Å². The Hall–Kier alpha value is -0.120. The zero-order valence-corrected chi connectivity index (χ0v) is 5.83. The van der Waals surface area contributed by atoms with E-state index in [1.54, 1.807) is 0 Å². The minimum absolute atomic E-state index is 0.264. The van der Waals surface area contributed by atoms with Crippen LogP contribution in [0.2, 0.25) is 0 Å². The van der Waals surface area contributed by atoms with Crippen molar-refractivity contribution in [1.82, 2.24) is 0 Å². The van der Waals surface area contributed by atoms with Crippen molar-refractivity contribution in [2.45, 2.75) is 37.0 Å². The lowest BCUT2D eigenvalue weighted by Crippen LogP contribution is -2.50. The summed E-state index contributed by atoms with van der Waals surface area (Å²) in [6, 6.07) is 0. The van der Waals surface area contributed by atoms with Gasteiger partial charge in [0.25, 0.3) is 0 Å². The zero-order valence-electron chi connectivity index (χ0n) is 5.83. The molecule has 3 heteroatoms. The number of fused-ring (bicyclic) bond motifs is 2. The Morgan fingerprint density at radius 3 is 2.40 bits per heavy atom. The molecular formula is C7H13NO2. The summed E-state index contributed by atoms with van der Waals surface area (Å²) in [6.45, 7) is 0. The molecule has 2 aliphatic carbocycles. The van der Waals surface area contributed by atoms with Gasteiger partial charge in [-0.05, 0) is 25.2 Å². The van der Waals surface area contributed by atoms with Crippen LogP contribution in [0.5, 0.6) is 0 Å². The Labute approximate surface area is 59.8 Å². The molecule has 0 radical (unpaired) electrons. The van der Waals surface area contributed by atoms with Gasteiger partial charge in [-0.3, -0.25) is 0 Å². The summed E-state index contributed by atoms with van der Waals surface area (Å²) in [6.07, 6.45) is 1.42. The number of hydrogen-bond donors (Lipinski definition) is 3. The molecule has 3 nitrogen and oxygen atoms in total. The SMILES string of the molecule is NC12CCC(C1)[C@H](O)[C@@H]2O. The minimum Gasteiger partial charge on any atom is -0.390 e. The lowest BCUT2D eigenvalue weighted by Gasteiger charge is -2.29. The van der Waals surface area contributed by atoms with E-state index >= 15 is 0 Å². The molecule has 0 aromatic rings. The molecule has 0 spiro atoms. The van der Waals surface area contributed by atoms with Crippen LogP contribution in [0.3, 0.4) is 0 Å². The van der Waals surface area contributed by atoms with Crippen LogP contribution in [-0.2, 0) is 0 Å². The zero-order chi connectivity index (χ0) is 7.35. The Bertz CT molecular complexity index is 162. The van der Waals surface area contributed by atoms with Gasteiger partial charge >= 0.3 is 0 Å². The minimum atomic E-state index is -0.675. The van der Waals surface area contributed by atoms with Crippen molar-refractivity contribution < 1.29 is 10.2 Å². The molecule has 58 valence electrons. The van der Waals surface area contributed by atoms with E-state index in [0.717, 1.165) is 19.3 Å². The third-order valence-electron chi connectivity index (χ3n) is 3.02. The fraction of sp³-hybridized carbons (Fsp3) is 1.00. The third kappa shape index (κ3) is 0.603. The molecular weight excluding hydrogens is 130 g/mol. The third-order valence-corrected chi connectivity index (χ3v) is 3.02. The van der Waals surface area contributed by atoms with E-state index < -0.39 is 17.7 Å². The summed E-state index contributed by atoms with van der Waals surface area (Å²) in [4.78, 5) is 0. The molecule has 2 fully saturated rings. The number of hydrogen-bond acceptors (Lipinski definition) is 3. The van der Waals surface area contributed by atoms with Gasteiger partial charge in [-0.1, -0.05) is 0 Å². The van der Waals surface area contributed by atoms with Gasteiger partial charge in [-0.15, -0.1) is 0 Å². The normalized spacial score (nSPS) is 59.7. The van der Waals surface area contributed by atoms with Gasteiger partial charge in [-0.25, -0.2) is 0 Å². The van der Waals surface area contributed by atoms with Crippen LogP contribution in [0.15, 0.2) is 0 Å². The fourth-order valence-electron chi connectivity index (χ4n) is 2.30. The second kappa shape index (κ2) is 1.72. The standard InChI is InChI=1S/C7H13NO2/c8-7-2-1-4(3-7)5(9)6(7)10/h4-6,9-10H,1-3,8H2/t4?,5-,6-,7?/m0/s1. The van der Waals surface area contributed by atoms with Crippen LogP contribution in [0.4, 0.5) is 0 Å². The van der Waals surface area contributed by atoms with Crippen molar-refractivity contribution >= 4 is 0 Å². The lowest BCUT2D eigenvalue weighted by molar-refractivity contribution is -0.0244. The first-order valence-corrected chi connectivity index (χ1v) is 3.78. The molecule has 0 aliphatic heterocycles. The van der Waals surface area contributed by atoms with E-state index in [0.29, 0.717) is 0 Å². The fourth-order valence-corrected chi connectivity index (χ4v) is 2.30. The van der Waals surface area contributed by atoms with Crippen LogP contribution in [0.25, 0.3) is 0 Å². The number of aliphatic hydroxyl groups is 2. The smallest absolute Gasteiger partial charge is 0.0980 e. The molecule has 4 N–H and O–H groups in total. The summed E-state index contributed by atoms with van der Waals surface area (Å²) < 4.78 is 0. The molecule has 2 bridgehead atoms. The van der Waals surface area contributed by atoms with Crippen molar-refractivity contribution in [2.75, 3.05) is 0 Å². The van der Waals surface area contributed by atoms with E-state index in [2.05, 4.69) is 0 Å². The van der Waals surface area contributed by atoms with E-state index in [4.69, 9.17) is 5.73 Å². The second-order valence-electron chi connectivity index (χ2n) is 3.67. The largest absolute Gasteiger partial charge is 0.390 e. The van der Waals surface area contributed by atoms with E-state index in [9.17, 15) is 10.2 Å². The first-order valence-electron chi connectivity index (χ1n) is 3.78.